The van der Waals surface area contributed by atoms with Crippen molar-refractivity contribution in [2.75, 3.05) is 27.2 Å². The van der Waals surface area contributed by atoms with Gasteiger partial charge in [-0.15, -0.1) is 0 Å². The predicted molar refractivity (Wildman–Crippen MR) is 43.5 cm³/mol. The fourth-order valence-electron chi connectivity index (χ4n) is 0.411. The third-order valence-corrected chi connectivity index (χ3v) is 1.59. The zero-order valence-corrected chi connectivity index (χ0v) is 9.47. The Bertz CT molecular complexity index is 183. The summed E-state index contributed by atoms with van der Waals surface area (Å²) in [6.45, 7) is 0.644. The molecule has 0 aliphatic heterocycles. The quantitative estimate of drug-likeness (QED) is 0.381. The van der Waals surface area contributed by atoms with E-state index in [1.54, 1.807) is 0 Å². The Kier molecular flexibility index (Phi) is 9.46. The summed E-state index contributed by atoms with van der Waals surface area (Å²) in [5.74, 6) is 2.62. The normalized spacial score (nSPS) is 9.50. The zero-order valence-electron chi connectivity index (χ0n) is 8.37. The smallest absolute Gasteiger partial charge is 1.00 e. The first-order valence-corrected chi connectivity index (χ1v) is 3.47. The van der Waals surface area contributed by atoms with Gasteiger partial charge in [0.15, 0.2) is 0 Å². The number of hydrogen-bond donors (Lipinski definition) is 1. The van der Waals surface area contributed by atoms with E-state index in [1.807, 2.05) is 14.1 Å². The van der Waals surface area contributed by atoms with Gasteiger partial charge in [-0.1, -0.05) is 0 Å². The molecule has 0 aliphatic rings. The molecule has 0 amide bonds. The second-order valence-electron chi connectivity index (χ2n) is 2.32. The monoisotopic (exact) mass is 190 g/mol. The summed E-state index contributed by atoms with van der Waals surface area (Å²) in [6.07, 6.45) is 0. The largest absolute Gasteiger partial charge is 2.00 e. The number of rotatable bonds is 2. The van der Waals surface area contributed by atoms with E-state index < -0.39 is 0 Å². The maximum Gasteiger partial charge on any atom is 2.00 e. The van der Waals surface area contributed by atoms with Gasteiger partial charge in [-0.3, -0.25) is 0 Å². The van der Waals surface area contributed by atoms with Gasteiger partial charge in [-0.25, -0.2) is 0 Å². The number of likely N-dealkylation sites (N-methyl/N-ethyl adjacent to an activating group) is 1. The van der Waals surface area contributed by atoms with Crippen LogP contribution in [0.25, 0.3) is 0 Å². The van der Waals surface area contributed by atoms with Crippen LogP contribution in [0.2, 0.25) is 0 Å². The van der Waals surface area contributed by atoms with E-state index in [0.717, 1.165) is 0 Å². The fourth-order valence-corrected chi connectivity index (χ4v) is 0.732. The molecule has 3 nitrogen and oxygen atoms in total. The molecule has 0 rings (SSSR count). The van der Waals surface area contributed by atoms with Crippen molar-refractivity contribution < 1.29 is 17.0 Å². The van der Waals surface area contributed by atoms with Crippen LogP contribution in [0.15, 0.2) is 0 Å². The molecule has 0 aromatic rings. The van der Waals surface area contributed by atoms with Crippen molar-refractivity contribution in [2.45, 2.75) is 0 Å². The van der Waals surface area contributed by atoms with Gasteiger partial charge in [0.05, 0.1) is 0 Å². The van der Waals surface area contributed by atoms with Crippen LogP contribution in [-0.4, -0.2) is 74.6 Å². The summed E-state index contributed by atoms with van der Waals surface area (Å²) in [6, 6.07) is 0. The zero-order chi connectivity index (χ0) is 7.33. The Hall–Kier alpha value is 1.19. The molecule has 0 aromatic heterocycles. The first-order valence-electron chi connectivity index (χ1n) is 2.66. The van der Waals surface area contributed by atoms with Crippen LogP contribution in [0, 0.1) is 5.75 Å². The molecule has 0 saturated carbocycles. The molecule has 5 heteroatoms. The third-order valence-electron chi connectivity index (χ3n) is 0.971. The Morgan fingerprint density at radius 3 is 2.50 bits per heavy atom. The summed E-state index contributed by atoms with van der Waals surface area (Å²) >= 11 is 0. The van der Waals surface area contributed by atoms with Crippen molar-refractivity contribution in [2.24, 2.45) is 0 Å². The first-order chi connectivity index (χ1) is 4.12. The second-order valence-corrected chi connectivity index (χ2v) is 2.71. The van der Waals surface area contributed by atoms with Crippen molar-refractivity contribution in [3.8, 4) is 5.75 Å². The van der Waals surface area contributed by atoms with E-state index in [1.165, 1.54) is 0 Å². The second kappa shape index (κ2) is 6.87. The average Bonchev–Trinajstić information content (AvgIpc) is 1.64. The van der Waals surface area contributed by atoms with Gasteiger partial charge in [0.1, 0.15) is 0 Å². The van der Waals surface area contributed by atoms with Crippen molar-refractivity contribution in [1.29, 1.82) is 0 Å². The van der Waals surface area contributed by atoms with Crippen LogP contribution in [-0.2, 0) is 4.57 Å². The summed E-state index contributed by atoms with van der Waals surface area (Å²) in [4.78, 5) is 0. The van der Waals surface area contributed by atoms with Crippen LogP contribution in [0.4, 0.5) is 0 Å². The molecule has 0 radical (unpaired) electrons. The SMILES string of the molecule is C[N+](C)(C#P=O)CCO.[Ca+2].[H-].[H-]. The molecule has 0 unspecified atom stereocenters. The summed E-state index contributed by atoms with van der Waals surface area (Å²) < 4.78 is 10.3. The standard InChI is InChI=1S/C5H11NO2P.Ca.2H/c1-6(2,3-4-7)5-9-8;;;/h7H,3-4H2,1-2H3;;;/q+1;+2;2*-1. The molecule has 0 spiro atoms. The minimum Gasteiger partial charge on any atom is -1.00 e. The van der Waals surface area contributed by atoms with Crippen LogP contribution in [0.3, 0.4) is 0 Å². The van der Waals surface area contributed by atoms with Gasteiger partial charge in [-0.2, -0.15) is 0 Å². The van der Waals surface area contributed by atoms with Gasteiger partial charge >= 0.3 is 92.8 Å². The van der Waals surface area contributed by atoms with E-state index in [0.29, 0.717) is 11.0 Å². The third kappa shape index (κ3) is 7.30. The summed E-state index contributed by atoms with van der Waals surface area (Å²) in [5.41, 5.74) is 0. The fraction of sp³-hybridized carbons (Fsp3) is 0.800. The summed E-state index contributed by atoms with van der Waals surface area (Å²) in [7, 11) is 3.54. The van der Waals surface area contributed by atoms with E-state index in [9.17, 15) is 4.57 Å². The molecule has 1 N–H and O–H groups in total. The molecule has 0 heterocycles. The van der Waals surface area contributed by atoms with Crippen LogP contribution in [0.1, 0.15) is 2.85 Å². The maximum atomic E-state index is 9.98. The Morgan fingerprint density at radius 2 is 2.20 bits per heavy atom. The molecular weight excluding hydrogens is 177 g/mol. The predicted octanol–water partition coefficient (Wildman–Crippen LogP) is 0.108. The first kappa shape index (κ1) is 13.8. The number of nitrogens with zero attached hydrogens (tertiary/aromatic N) is 1. The van der Waals surface area contributed by atoms with Crippen LogP contribution < -0.4 is 0 Å². The van der Waals surface area contributed by atoms with E-state index >= 15 is 0 Å². The summed E-state index contributed by atoms with van der Waals surface area (Å²) in [5, 5.41) is 8.47. The molecule has 0 aliphatic carbocycles. The van der Waals surface area contributed by atoms with Gasteiger partial charge in [0.2, 0.25) is 0 Å². The molecule has 0 bridgehead atoms. The average molecular weight is 190 g/mol. The van der Waals surface area contributed by atoms with Crippen molar-refractivity contribution in [1.82, 2.24) is 0 Å². The van der Waals surface area contributed by atoms with Gasteiger partial charge in [0, 0.05) is 0 Å². The van der Waals surface area contributed by atoms with E-state index in [-0.39, 0.29) is 55.1 Å². The Labute approximate surface area is 95.1 Å². The number of hydrogen-bond acceptors (Lipinski definition) is 2. The van der Waals surface area contributed by atoms with Gasteiger partial charge < -0.3 is 2.85 Å². The minimum atomic E-state index is -0.105. The maximum absolute atomic E-state index is 9.98. The Balaban J connectivity index is -0.000000107. The molecule has 56 valence electrons. The molecule has 0 fully saturated rings. The number of aliphatic hydroxyl groups is 1. The number of quaternary nitrogens is 1. The molecule has 10 heavy (non-hydrogen) atoms. The van der Waals surface area contributed by atoms with E-state index in [2.05, 4.69) is 5.75 Å². The molecule has 0 atom stereocenters. The minimum absolute atomic E-state index is 0. The Morgan fingerprint density at radius 1 is 1.70 bits per heavy atom. The van der Waals surface area contributed by atoms with Crippen molar-refractivity contribution in [3.63, 3.8) is 0 Å². The van der Waals surface area contributed by atoms with Crippen molar-refractivity contribution >= 4 is 45.7 Å². The molecule has 0 aromatic carbocycles. The number of aliphatic hydroxyl groups excluding tert-OH is 1. The molecule has 0 saturated heterocycles. The van der Waals surface area contributed by atoms with Crippen molar-refractivity contribution in [3.05, 3.63) is 0 Å². The topological polar surface area (TPSA) is 37.3 Å². The van der Waals surface area contributed by atoms with Crippen LogP contribution in [0.5, 0.6) is 0 Å². The van der Waals surface area contributed by atoms with E-state index in [4.69, 9.17) is 5.11 Å². The molecular formula is C5H13CaNO2P+. The van der Waals surface area contributed by atoms with Crippen LogP contribution >= 0.6 is 7.92 Å². The van der Waals surface area contributed by atoms with Gasteiger partial charge in [0.25, 0.3) is 0 Å². The van der Waals surface area contributed by atoms with Gasteiger partial charge in [-0.05, 0) is 0 Å².